The normalized spacial score (nSPS) is 11.4. The lowest BCUT2D eigenvalue weighted by molar-refractivity contribution is 1.39. The van der Waals surface area contributed by atoms with E-state index in [1.807, 2.05) is 0 Å². The van der Waals surface area contributed by atoms with Crippen LogP contribution >= 0.6 is 18.6 Å². The maximum absolute atomic E-state index is 2.38. The zero-order chi connectivity index (χ0) is 20.9. The van der Waals surface area contributed by atoms with Crippen molar-refractivity contribution in [2.45, 2.75) is 6.16 Å². The molecule has 0 fully saturated rings. The summed E-state index contributed by atoms with van der Waals surface area (Å²) in [6.07, 6.45) is 1.00. The van der Waals surface area contributed by atoms with Gasteiger partial charge in [0.15, 0.2) is 0 Å². The Morgan fingerprint density at radius 3 is 1.55 bits per heavy atom. The molecule has 5 aromatic rings. The SMILES string of the molecule is c1ccc([P+](Cc2cccc(-c3ccsc3)c2)(c2ccccc2)c2ccccc2)cc1. The zero-order valence-corrected chi connectivity index (χ0v) is 19.0. The van der Waals surface area contributed by atoms with Crippen molar-refractivity contribution < 1.29 is 0 Å². The van der Waals surface area contributed by atoms with E-state index in [1.54, 1.807) is 11.3 Å². The Labute approximate surface area is 189 Å². The standard InChI is InChI=1S/C29H24PS/c1-4-13-27(14-5-1)30(28-15-6-2-7-16-28,29-17-8-3-9-18-29)22-24-11-10-12-25(21-24)26-19-20-31-23-26/h1-21,23H,22H2/q+1. The van der Waals surface area contributed by atoms with Crippen molar-refractivity contribution >= 4 is 34.5 Å². The van der Waals surface area contributed by atoms with Crippen LogP contribution in [0.2, 0.25) is 0 Å². The Morgan fingerprint density at radius 1 is 0.516 bits per heavy atom. The van der Waals surface area contributed by atoms with Crippen LogP contribution < -0.4 is 15.9 Å². The number of hydrogen-bond donors (Lipinski definition) is 0. The predicted octanol–water partition coefficient (Wildman–Crippen LogP) is 6.91. The molecule has 0 unspecified atom stereocenters. The topological polar surface area (TPSA) is 0 Å². The molecule has 5 rings (SSSR count). The first-order valence-electron chi connectivity index (χ1n) is 10.5. The lowest BCUT2D eigenvalue weighted by atomic mass is 10.1. The molecule has 0 amide bonds. The van der Waals surface area contributed by atoms with E-state index in [-0.39, 0.29) is 0 Å². The fourth-order valence-electron chi connectivity index (χ4n) is 4.32. The summed E-state index contributed by atoms with van der Waals surface area (Å²) in [6, 6.07) is 44.6. The van der Waals surface area contributed by atoms with E-state index >= 15 is 0 Å². The first-order valence-corrected chi connectivity index (χ1v) is 13.4. The van der Waals surface area contributed by atoms with E-state index in [2.05, 4.69) is 132 Å². The van der Waals surface area contributed by atoms with Crippen molar-refractivity contribution in [1.29, 1.82) is 0 Å². The molecule has 0 N–H and O–H groups in total. The monoisotopic (exact) mass is 435 g/mol. The fourth-order valence-corrected chi connectivity index (χ4v) is 9.22. The Morgan fingerprint density at radius 2 is 1.06 bits per heavy atom. The molecule has 0 atom stereocenters. The second-order valence-electron chi connectivity index (χ2n) is 7.69. The maximum Gasteiger partial charge on any atom is 0.116 e. The number of thiophene rings is 1. The van der Waals surface area contributed by atoms with Crippen LogP contribution in [-0.2, 0) is 6.16 Å². The third kappa shape index (κ3) is 4.00. The first-order chi connectivity index (χ1) is 15.4. The molecule has 0 spiro atoms. The van der Waals surface area contributed by atoms with Gasteiger partial charge in [-0.15, -0.1) is 0 Å². The number of benzene rings is 4. The summed E-state index contributed by atoms with van der Waals surface area (Å²) in [5, 5.41) is 8.65. The molecule has 4 aromatic carbocycles. The molecule has 0 bridgehead atoms. The number of hydrogen-bond acceptors (Lipinski definition) is 1. The molecular formula is C29H24PS+. The Hall–Kier alpha value is -2.99. The van der Waals surface area contributed by atoms with Gasteiger partial charge in [0.05, 0.1) is 6.16 Å². The van der Waals surface area contributed by atoms with E-state index in [1.165, 1.54) is 32.6 Å². The molecule has 0 saturated carbocycles. The predicted molar refractivity (Wildman–Crippen MR) is 139 cm³/mol. The van der Waals surface area contributed by atoms with Gasteiger partial charge in [0.1, 0.15) is 23.2 Å². The lowest BCUT2D eigenvalue weighted by Gasteiger charge is -2.28. The van der Waals surface area contributed by atoms with Crippen molar-refractivity contribution in [2.24, 2.45) is 0 Å². The van der Waals surface area contributed by atoms with Gasteiger partial charge in [-0.1, -0.05) is 72.8 Å². The minimum Gasteiger partial charge on any atom is -0.152 e. The van der Waals surface area contributed by atoms with E-state index in [9.17, 15) is 0 Å². The highest BCUT2D eigenvalue weighted by Crippen LogP contribution is 2.58. The van der Waals surface area contributed by atoms with Gasteiger partial charge in [0, 0.05) is 0 Å². The highest BCUT2D eigenvalue weighted by Gasteiger charge is 2.45. The average molecular weight is 436 g/mol. The van der Waals surface area contributed by atoms with Gasteiger partial charge in [-0.3, -0.25) is 0 Å². The van der Waals surface area contributed by atoms with Crippen LogP contribution in [0.15, 0.2) is 132 Å². The van der Waals surface area contributed by atoms with Gasteiger partial charge in [-0.25, -0.2) is 0 Å². The zero-order valence-electron chi connectivity index (χ0n) is 17.3. The molecular weight excluding hydrogens is 411 g/mol. The molecule has 31 heavy (non-hydrogen) atoms. The highest BCUT2D eigenvalue weighted by atomic mass is 32.1. The minimum absolute atomic E-state index is 1.00. The molecule has 2 heteroatoms. The van der Waals surface area contributed by atoms with Gasteiger partial charge in [-0.05, 0) is 76.0 Å². The summed E-state index contributed by atoms with van der Waals surface area (Å²) >= 11 is 1.75. The average Bonchev–Trinajstić information content (AvgIpc) is 3.40. The second-order valence-corrected chi connectivity index (χ2v) is 12.0. The Bertz CT molecular complexity index is 1130. The van der Waals surface area contributed by atoms with E-state index in [4.69, 9.17) is 0 Å². The van der Waals surface area contributed by atoms with Crippen molar-refractivity contribution in [3.63, 3.8) is 0 Å². The molecule has 0 radical (unpaired) electrons. The largest absolute Gasteiger partial charge is 0.152 e. The van der Waals surface area contributed by atoms with Gasteiger partial charge in [0.25, 0.3) is 0 Å². The first kappa shape index (κ1) is 19.9. The maximum atomic E-state index is 2.38. The van der Waals surface area contributed by atoms with Crippen LogP contribution in [0.1, 0.15) is 5.56 Å². The Kier molecular flexibility index (Phi) is 5.80. The molecule has 0 saturated heterocycles. The smallest absolute Gasteiger partial charge is 0.116 e. The van der Waals surface area contributed by atoms with Crippen LogP contribution in [0.5, 0.6) is 0 Å². The second kappa shape index (κ2) is 9.02. The molecule has 1 aromatic heterocycles. The molecule has 0 aliphatic carbocycles. The van der Waals surface area contributed by atoms with E-state index in [0.29, 0.717) is 0 Å². The van der Waals surface area contributed by atoms with Gasteiger partial charge < -0.3 is 0 Å². The van der Waals surface area contributed by atoms with Gasteiger partial charge in [0.2, 0.25) is 0 Å². The molecule has 0 nitrogen and oxygen atoms in total. The highest BCUT2D eigenvalue weighted by molar-refractivity contribution is 7.95. The number of rotatable bonds is 6. The van der Waals surface area contributed by atoms with Crippen molar-refractivity contribution in [3.05, 3.63) is 138 Å². The van der Waals surface area contributed by atoms with Crippen molar-refractivity contribution in [3.8, 4) is 11.1 Å². The van der Waals surface area contributed by atoms with Crippen LogP contribution in [0, 0.1) is 0 Å². The summed E-state index contributed by atoms with van der Waals surface area (Å²) in [5.74, 6) is 0. The molecule has 1 heterocycles. The van der Waals surface area contributed by atoms with Crippen LogP contribution in [0.25, 0.3) is 11.1 Å². The third-order valence-corrected chi connectivity index (χ3v) is 10.9. The molecule has 0 aliphatic rings. The molecule has 150 valence electrons. The van der Waals surface area contributed by atoms with E-state index in [0.717, 1.165) is 6.16 Å². The summed E-state index contributed by atoms with van der Waals surface area (Å²) in [7, 11) is -1.87. The summed E-state index contributed by atoms with van der Waals surface area (Å²) in [5.41, 5.74) is 3.98. The third-order valence-electron chi connectivity index (χ3n) is 5.79. The quantitative estimate of drug-likeness (QED) is 0.254. The Balaban J connectivity index is 1.72. The van der Waals surface area contributed by atoms with Gasteiger partial charge >= 0.3 is 0 Å². The van der Waals surface area contributed by atoms with Gasteiger partial charge in [-0.2, -0.15) is 11.3 Å². The summed E-state index contributed by atoms with van der Waals surface area (Å²) < 4.78 is 0. The minimum atomic E-state index is -1.87. The van der Waals surface area contributed by atoms with Crippen LogP contribution in [-0.4, -0.2) is 0 Å². The van der Waals surface area contributed by atoms with Crippen molar-refractivity contribution in [1.82, 2.24) is 0 Å². The lowest BCUT2D eigenvalue weighted by Crippen LogP contribution is -2.32. The fraction of sp³-hybridized carbons (Fsp3) is 0.0345. The van der Waals surface area contributed by atoms with Crippen LogP contribution in [0.4, 0.5) is 0 Å². The van der Waals surface area contributed by atoms with Crippen LogP contribution in [0.3, 0.4) is 0 Å². The van der Waals surface area contributed by atoms with E-state index < -0.39 is 7.26 Å². The molecule has 0 aliphatic heterocycles. The summed E-state index contributed by atoms with van der Waals surface area (Å²) in [6.45, 7) is 0. The summed E-state index contributed by atoms with van der Waals surface area (Å²) in [4.78, 5) is 0. The van der Waals surface area contributed by atoms with Crippen molar-refractivity contribution in [2.75, 3.05) is 0 Å².